The van der Waals surface area contributed by atoms with Gasteiger partial charge < -0.3 is 15.1 Å². The van der Waals surface area contributed by atoms with Crippen LogP contribution in [-0.2, 0) is 6.54 Å². The van der Waals surface area contributed by atoms with Gasteiger partial charge in [-0.3, -0.25) is 4.79 Å². The number of carbonyl (C=O) groups excluding carboxylic acids is 1. The number of furan rings is 1. The van der Waals surface area contributed by atoms with Gasteiger partial charge >= 0.3 is 0 Å². The van der Waals surface area contributed by atoms with Crippen LogP contribution < -0.4 is 10.6 Å². The van der Waals surface area contributed by atoms with Gasteiger partial charge in [0.1, 0.15) is 11.5 Å². The van der Waals surface area contributed by atoms with Gasteiger partial charge in [-0.25, -0.2) is 4.98 Å². The molecule has 0 aromatic carbocycles. The highest BCUT2D eigenvalue weighted by Gasteiger charge is 2.07. The van der Waals surface area contributed by atoms with E-state index >= 15 is 0 Å². The molecule has 0 unspecified atom stereocenters. The van der Waals surface area contributed by atoms with Crippen LogP contribution in [0.5, 0.6) is 0 Å². The third-order valence-electron chi connectivity index (χ3n) is 2.27. The molecule has 5 nitrogen and oxygen atoms in total. The molecule has 2 rings (SSSR count). The minimum absolute atomic E-state index is 0.205. The van der Waals surface area contributed by atoms with Crippen LogP contribution >= 0.6 is 0 Å². The summed E-state index contributed by atoms with van der Waals surface area (Å²) in [6.07, 6.45) is 3.17. The number of nitrogens with one attached hydrogen (secondary N) is 2. The van der Waals surface area contributed by atoms with E-state index in [2.05, 4.69) is 15.6 Å². The summed E-state index contributed by atoms with van der Waals surface area (Å²) in [4.78, 5) is 15.9. The number of amides is 1. The molecule has 2 N–H and O–H groups in total. The Morgan fingerprint density at radius 2 is 2.29 bits per heavy atom. The zero-order valence-corrected chi connectivity index (χ0v) is 9.43. The molecule has 88 valence electrons. The van der Waals surface area contributed by atoms with Crippen LogP contribution in [-0.4, -0.2) is 17.9 Å². The van der Waals surface area contributed by atoms with Gasteiger partial charge in [0.05, 0.1) is 12.5 Å². The standard InChI is InChI=1S/C12H13N3O2/c1-13-11-4-2-3-10(15-11)12(16)14-7-9-5-6-17-8-9/h2-6,8H,7H2,1H3,(H,13,15)(H,14,16). The third-order valence-corrected chi connectivity index (χ3v) is 2.27. The van der Waals surface area contributed by atoms with Gasteiger partial charge in [-0.2, -0.15) is 0 Å². The predicted molar refractivity (Wildman–Crippen MR) is 63.7 cm³/mol. The van der Waals surface area contributed by atoms with E-state index in [1.165, 1.54) is 0 Å². The van der Waals surface area contributed by atoms with Crippen LogP contribution in [0.25, 0.3) is 0 Å². The predicted octanol–water partition coefficient (Wildman–Crippen LogP) is 1.65. The number of carbonyl (C=O) groups is 1. The molecule has 0 radical (unpaired) electrons. The molecule has 0 bridgehead atoms. The first-order valence-electron chi connectivity index (χ1n) is 5.23. The lowest BCUT2D eigenvalue weighted by Crippen LogP contribution is -2.23. The highest BCUT2D eigenvalue weighted by atomic mass is 16.3. The Hall–Kier alpha value is -2.30. The topological polar surface area (TPSA) is 67.2 Å². The van der Waals surface area contributed by atoms with E-state index in [9.17, 15) is 4.79 Å². The average molecular weight is 231 g/mol. The summed E-state index contributed by atoms with van der Waals surface area (Å²) in [5.74, 6) is 0.462. The molecule has 1 amide bonds. The number of hydrogen-bond donors (Lipinski definition) is 2. The molecule has 2 aromatic heterocycles. The second-order valence-corrected chi connectivity index (χ2v) is 3.47. The minimum atomic E-state index is -0.205. The zero-order valence-electron chi connectivity index (χ0n) is 9.43. The monoisotopic (exact) mass is 231 g/mol. The van der Waals surface area contributed by atoms with Crippen molar-refractivity contribution >= 4 is 11.7 Å². The molecule has 0 atom stereocenters. The first-order chi connectivity index (χ1) is 8.29. The molecule has 0 saturated heterocycles. The molecule has 2 aromatic rings. The van der Waals surface area contributed by atoms with Crippen LogP contribution in [0.1, 0.15) is 16.1 Å². The molecule has 0 aliphatic rings. The number of nitrogens with zero attached hydrogens (tertiary/aromatic N) is 1. The van der Waals surface area contributed by atoms with E-state index in [4.69, 9.17) is 4.42 Å². The molecule has 17 heavy (non-hydrogen) atoms. The smallest absolute Gasteiger partial charge is 0.270 e. The van der Waals surface area contributed by atoms with Gasteiger partial charge in [0.15, 0.2) is 0 Å². The van der Waals surface area contributed by atoms with Gasteiger partial charge in [-0.1, -0.05) is 6.07 Å². The van der Waals surface area contributed by atoms with E-state index in [1.54, 1.807) is 43.8 Å². The Morgan fingerprint density at radius 3 is 3.00 bits per heavy atom. The van der Waals surface area contributed by atoms with E-state index in [0.717, 1.165) is 5.56 Å². The summed E-state index contributed by atoms with van der Waals surface area (Å²) in [5, 5.41) is 5.65. The third kappa shape index (κ3) is 2.84. The SMILES string of the molecule is CNc1cccc(C(=O)NCc2ccoc2)n1. The molecule has 2 heterocycles. The van der Waals surface area contributed by atoms with Crippen LogP contribution in [0.2, 0.25) is 0 Å². The number of pyridine rings is 1. The van der Waals surface area contributed by atoms with E-state index in [1.807, 2.05) is 0 Å². The fourth-order valence-electron chi connectivity index (χ4n) is 1.37. The van der Waals surface area contributed by atoms with Gasteiger partial charge in [0.2, 0.25) is 0 Å². The van der Waals surface area contributed by atoms with Crippen molar-refractivity contribution in [2.24, 2.45) is 0 Å². The molecular formula is C12H13N3O2. The lowest BCUT2D eigenvalue weighted by molar-refractivity contribution is 0.0946. The van der Waals surface area contributed by atoms with Crippen molar-refractivity contribution in [3.05, 3.63) is 48.0 Å². The van der Waals surface area contributed by atoms with E-state index < -0.39 is 0 Å². The largest absolute Gasteiger partial charge is 0.472 e. The van der Waals surface area contributed by atoms with Crippen molar-refractivity contribution < 1.29 is 9.21 Å². The van der Waals surface area contributed by atoms with Gasteiger partial charge in [-0.05, 0) is 18.2 Å². The van der Waals surface area contributed by atoms with Crippen LogP contribution in [0.3, 0.4) is 0 Å². The maximum atomic E-state index is 11.8. The second-order valence-electron chi connectivity index (χ2n) is 3.47. The molecule has 0 aliphatic heterocycles. The Morgan fingerprint density at radius 1 is 1.41 bits per heavy atom. The maximum Gasteiger partial charge on any atom is 0.270 e. The van der Waals surface area contributed by atoms with Crippen molar-refractivity contribution in [1.82, 2.24) is 10.3 Å². The van der Waals surface area contributed by atoms with Gasteiger partial charge in [-0.15, -0.1) is 0 Å². The van der Waals surface area contributed by atoms with Gasteiger partial charge in [0, 0.05) is 19.2 Å². The van der Waals surface area contributed by atoms with Crippen molar-refractivity contribution in [2.75, 3.05) is 12.4 Å². The van der Waals surface area contributed by atoms with Crippen LogP contribution in [0.15, 0.2) is 41.2 Å². The molecule has 0 aliphatic carbocycles. The quantitative estimate of drug-likeness (QED) is 0.839. The summed E-state index contributed by atoms with van der Waals surface area (Å²) in [5.41, 5.74) is 1.31. The normalized spacial score (nSPS) is 9.94. The van der Waals surface area contributed by atoms with E-state index in [0.29, 0.717) is 18.1 Å². The maximum absolute atomic E-state index is 11.8. The Bertz CT molecular complexity index is 494. The highest BCUT2D eigenvalue weighted by molar-refractivity contribution is 5.92. The molecule has 5 heteroatoms. The first kappa shape index (κ1) is 11.2. The second kappa shape index (κ2) is 5.16. The Kier molecular flexibility index (Phi) is 3.40. The Balaban J connectivity index is 1.99. The molecular weight excluding hydrogens is 218 g/mol. The number of hydrogen-bond acceptors (Lipinski definition) is 4. The fraction of sp³-hybridized carbons (Fsp3) is 0.167. The fourth-order valence-corrected chi connectivity index (χ4v) is 1.37. The Labute approximate surface area is 98.9 Å². The summed E-state index contributed by atoms with van der Waals surface area (Å²) in [6.45, 7) is 0.431. The lowest BCUT2D eigenvalue weighted by Gasteiger charge is -2.04. The lowest BCUT2D eigenvalue weighted by atomic mass is 10.3. The number of anilines is 1. The van der Waals surface area contributed by atoms with Crippen LogP contribution in [0, 0.1) is 0 Å². The van der Waals surface area contributed by atoms with Crippen molar-refractivity contribution in [2.45, 2.75) is 6.54 Å². The first-order valence-corrected chi connectivity index (χ1v) is 5.23. The van der Waals surface area contributed by atoms with Crippen molar-refractivity contribution in [3.8, 4) is 0 Å². The van der Waals surface area contributed by atoms with Crippen molar-refractivity contribution in [3.63, 3.8) is 0 Å². The van der Waals surface area contributed by atoms with E-state index in [-0.39, 0.29) is 5.91 Å². The summed E-state index contributed by atoms with van der Waals surface area (Å²) >= 11 is 0. The summed E-state index contributed by atoms with van der Waals surface area (Å²) < 4.78 is 4.91. The zero-order chi connectivity index (χ0) is 12.1. The average Bonchev–Trinajstić information content (AvgIpc) is 2.89. The summed E-state index contributed by atoms with van der Waals surface area (Å²) in [6, 6.07) is 7.06. The molecule has 0 saturated carbocycles. The van der Waals surface area contributed by atoms with Gasteiger partial charge in [0.25, 0.3) is 5.91 Å². The molecule has 0 fully saturated rings. The molecule has 0 spiro atoms. The summed E-state index contributed by atoms with van der Waals surface area (Å²) in [7, 11) is 1.76. The number of aromatic nitrogens is 1. The van der Waals surface area contributed by atoms with Crippen LogP contribution in [0.4, 0.5) is 5.82 Å². The minimum Gasteiger partial charge on any atom is -0.472 e. The van der Waals surface area contributed by atoms with Crippen molar-refractivity contribution in [1.29, 1.82) is 0 Å². The number of rotatable bonds is 4. The highest BCUT2D eigenvalue weighted by Crippen LogP contribution is 2.04.